The summed E-state index contributed by atoms with van der Waals surface area (Å²) in [6.45, 7) is 2.92. The van der Waals surface area contributed by atoms with E-state index in [4.69, 9.17) is 0 Å². The van der Waals surface area contributed by atoms with Crippen LogP contribution >= 0.6 is 0 Å². The highest BCUT2D eigenvalue weighted by molar-refractivity contribution is 7.92. The molecule has 0 amide bonds. The first-order chi connectivity index (χ1) is 13.1. The van der Waals surface area contributed by atoms with Crippen molar-refractivity contribution in [3.05, 3.63) is 60.7 Å². The van der Waals surface area contributed by atoms with Crippen LogP contribution in [0.3, 0.4) is 0 Å². The van der Waals surface area contributed by atoms with Gasteiger partial charge in [0.2, 0.25) is 0 Å². The van der Waals surface area contributed by atoms with E-state index in [1.807, 2.05) is 0 Å². The summed E-state index contributed by atoms with van der Waals surface area (Å²) in [5.74, 6) is 0. The Morgan fingerprint density at radius 1 is 0.643 bits per heavy atom. The summed E-state index contributed by atoms with van der Waals surface area (Å²) in [7, 11) is -7.31. The fourth-order valence-corrected chi connectivity index (χ4v) is 5.84. The van der Waals surface area contributed by atoms with Crippen LogP contribution in [0.25, 0.3) is 0 Å². The molecule has 154 valence electrons. The van der Waals surface area contributed by atoms with Gasteiger partial charge in [0.15, 0.2) is 19.7 Å². The molecule has 4 unspecified atom stereocenters. The second-order valence-electron chi connectivity index (χ2n) is 6.94. The van der Waals surface area contributed by atoms with Gasteiger partial charge in [-0.3, -0.25) is 0 Å². The summed E-state index contributed by atoms with van der Waals surface area (Å²) < 4.78 is 50.3. The second kappa shape index (κ2) is 9.17. The molecule has 0 spiro atoms. The molecule has 0 fully saturated rings. The monoisotopic (exact) mass is 426 g/mol. The van der Waals surface area contributed by atoms with Crippen LogP contribution in [0.2, 0.25) is 0 Å². The van der Waals surface area contributed by atoms with Gasteiger partial charge in [-0.2, -0.15) is 0 Å². The van der Waals surface area contributed by atoms with Gasteiger partial charge >= 0.3 is 0 Å². The summed E-state index contributed by atoms with van der Waals surface area (Å²) >= 11 is 0. The molecular weight excluding hydrogens is 400 g/mol. The fourth-order valence-electron chi connectivity index (χ4n) is 2.93. The topological polar surface area (TPSA) is 109 Å². The maximum absolute atomic E-state index is 12.6. The molecule has 0 aromatic heterocycles. The van der Waals surface area contributed by atoms with E-state index < -0.39 is 42.4 Å². The molecule has 0 heterocycles. The lowest BCUT2D eigenvalue weighted by Crippen LogP contribution is -2.35. The number of rotatable bonds is 9. The highest BCUT2D eigenvalue weighted by Crippen LogP contribution is 2.23. The average Bonchev–Trinajstić information content (AvgIpc) is 2.69. The number of hydrogen-bond donors (Lipinski definition) is 2. The highest BCUT2D eigenvalue weighted by atomic mass is 32.2. The van der Waals surface area contributed by atoms with Gasteiger partial charge in [-0.25, -0.2) is 16.8 Å². The van der Waals surface area contributed by atoms with Crippen molar-refractivity contribution in [3.8, 4) is 0 Å². The van der Waals surface area contributed by atoms with Gasteiger partial charge in [-0.15, -0.1) is 0 Å². The van der Waals surface area contributed by atoms with Crippen molar-refractivity contribution in [2.75, 3.05) is 0 Å². The molecule has 0 aliphatic carbocycles. The van der Waals surface area contributed by atoms with Gasteiger partial charge in [0, 0.05) is 0 Å². The molecule has 28 heavy (non-hydrogen) atoms. The quantitative estimate of drug-likeness (QED) is 0.636. The number of sulfone groups is 2. The Kier molecular flexibility index (Phi) is 7.39. The first kappa shape index (κ1) is 22.5. The van der Waals surface area contributed by atoms with Crippen molar-refractivity contribution in [1.82, 2.24) is 0 Å². The highest BCUT2D eigenvalue weighted by Gasteiger charge is 2.32. The Balaban J connectivity index is 2.03. The lowest BCUT2D eigenvalue weighted by atomic mass is 10.0. The lowest BCUT2D eigenvalue weighted by molar-refractivity contribution is 0.0102. The van der Waals surface area contributed by atoms with Crippen molar-refractivity contribution in [1.29, 1.82) is 0 Å². The predicted octanol–water partition coefficient (Wildman–Crippen LogP) is 2.21. The summed E-state index contributed by atoms with van der Waals surface area (Å²) in [5.41, 5.74) is 0. The van der Waals surface area contributed by atoms with Crippen molar-refractivity contribution >= 4 is 19.7 Å². The molecule has 4 atom stereocenters. The first-order valence-corrected chi connectivity index (χ1v) is 12.1. The normalized spacial score (nSPS) is 16.9. The SMILES string of the molecule is CC(CC(O)C(O)CC(C)S(=O)(=O)c1ccccc1)S(=O)(=O)c1ccccc1. The van der Waals surface area contributed by atoms with E-state index in [2.05, 4.69) is 0 Å². The zero-order valence-electron chi connectivity index (χ0n) is 15.8. The minimum absolute atomic E-state index is 0.143. The van der Waals surface area contributed by atoms with Crippen LogP contribution in [0, 0.1) is 0 Å². The molecule has 2 rings (SSSR count). The van der Waals surface area contributed by atoms with Crippen molar-refractivity contribution < 1.29 is 27.0 Å². The number of hydrogen-bond acceptors (Lipinski definition) is 6. The fraction of sp³-hybridized carbons (Fsp3) is 0.400. The standard InChI is InChI=1S/C20H26O6S2/c1-15(27(23,24)17-9-5-3-6-10-17)13-19(21)20(22)14-16(2)28(25,26)18-11-7-4-8-12-18/h3-12,15-16,19-22H,13-14H2,1-2H3. The Morgan fingerprint density at radius 2 is 0.929 bits per heavy atom. The maximum atomic E-state index is 12.6. The third-order valence-corrected chi connectivity index (χ3v) is 9.16. The Morgan fingerprint density at radius 3 is 1.21 bits per heavy atom. The van der Waals surface area contributed by atoms with Gasteiger partial charge in [0.1, 0.15) is 0 Å². The molecule has 0 bridgehead atoms. The van der Waals surface area contributed by atoms with E-state index in [1.54, 1.807) is 36.4 Å². The minimum atomic E-state index is -3.66. The van der Waals surface area contributed by atoms with E-state index in [1.165, 1.54) is 38.1 Å². The zero-order chi connectivity index (χ0) is 20.9. The summed E-state index contributed by atoms with van der Waals surface area (Å²) in [4.78, 5) is 0.286. The van der Waals surface area contributed by atoms with Crippen LogP contribution in [-0.2, 0) is 19.7 Å². The molecule has 0 saturated heterocycles. The average molecular weight is 427 g/mol. The molecule has 0 aliphatic rings. The predicted molar refractivity (Wildman–Crippen MR) is 107 cm³/mol. The lowest BCUT2D eigenvalue weighted by Gasteiger charge is -2.24. The zero-order valence-corrected chi connectivity index (χ0v) is 17.5. The van der Waals surface area contributed by atoms with E-state index in [9.17, 15) is 27.0 Å². The molecule has 0 saturated carbocycles. The third-order valence-electron chi connectivity index (χ3n) is 4.79. The van der Waals surface area contributed by atoms with Gasteiger partial charge in [0.05, 0.1) is 32.5 Å². The minimum Gasteiger partial charge on any atom is -0.390 e. The molecule has 0 radical (unpaired) electrons. The molecular formula is C20H26O6S2. The van der Waals surface area contributed by atoms with Crippen molar-refractivity contribution in [3.63, 3.8) is 0 Å². The van der Waals surface area contributed by atoms with Crippen LogP contribution in [0.1, 0.15) is 26.7 Å². The molecule has 8 heteroatoms. The smallest absolute Gasteiger partial charge is 0.181 e. The van der Waals surface area contributed by atoms with E-state index >= 15 is 0 Å². The van der Waals surface area contributed by atoms with Crippen molar-refractivity contribution in [2.24, 2.45) is 0 Å². The largest absolute Gasteiger partial charge is 0.390 e. The van der Waals surface area contributed by atoms with Crippen LogP contribution < -0.4 is 0 Å². The maximum Gasteiger partial charge on any atom is 0.181 e. The summed E-state index contributed by atoms with van der Waals surface area (Å²) in [6.07, 6.45) is -3.11. The van der Waals surface area contributed by atoms with E-state index in [0.29, 0.717) is 0 Å². The van der Waals surface area contributed by atoms with Gasteiger partial charge in [0.25, 0.3) is 0 Å². The molecule has 2 aromatic carbocycles. The number of aliphatic hydroxyl groups is 2. The third kappa shape index (κ3) is 5.20. The molecule has 6 nitrogen and oxygen atoms in total. The Hall–Kier alpha value is -1.74. The van der Waals surface area contributed by atoms with Gasteiger partial charge < -0.3 is 10.2 Å². The van der Waals surface area contributed by atoms with E-state index in [-0.39, 0.29) is 22.6 Å². The van der Waals surface area contributed by atoms with Gasteiger partial charge in [-0.1, -0.05) is 36.4 Å². The Bertz CT molecular complexity index is 875. The van der Waals surface area contributed by atoms with Crippen LogP contribution in [0.5, 0.6) is 0 Å². The second-order valence-corrected chi connectivity index (χ2v) is 11.7. The Labute approximate surface area is 166 Å². The summed E-state index contributed by atoms with van der Waals surface area (Å²) in [5, 5.41) is 18.7. The van der Waals surface area contributed by atoms with Crippen LogP contribution in [-0.4, -0.2) is 49.8 Å². The van der Waals surface area contributed by atoms with E-state index in [0.717, 1.165) is 0 Å². The molecule has 2 aromatic rings. The van der Waals surface area contributed by atoms with Crippen LogP contribution in [0.15, 0.2) is 70.5 Å². The number of benzene rings is 2. The van der Waals surface area contributed by atoms with Crippen molar-refractivity contribution in [2.45, 2.75) is 59.2 Å². The van der Waals surface area contributed by atoms with Gasteiger partial charge in [-0.05, 0) is 51.0 Å². The number of aliphatic hydroxyl groups excluding tert-OH is 2. The molecule has 0 aliphatic heterocycles. The van der Waals surface area contributed by atoms with Crippen LogP contribution in [0.4, 0.5) is 0 Å². The molecule has 2 N–H and O–H groups in total. The first-order valence-electron chi connectivity index (χ1n) is 9.01. The summed E-state index contributed by atoms with van der Waals surface area (Å²) in [6, 6.07) is 15.8.